The van der Waals surface area contributed by atoms with E-state index in [1.807, 2.05) is 20.8 Å². The summed E-state index contributed by atoms with van der Waals surface area (Å²) in [6, 6.07) is 3.40. The molecular formula is C23H30Cl2N4O3S. The second-order valence-corrected chi connectivity index (χ2v) is 10.00. The Hall–Kier alpha value is -2.03. The fourth-order valence-corrected chi connectivity index (χ4v) is 4.89. The van der Waals surface area contributed by atoms with Gasteiger partial charge in [0.05, 0.1) is 20.7 Å². The van der Waals surface area contributed by atoms with Crippen molar-refractivity contribution in [3.63, 3.8) is 0 Å². The first-order chi connectivity index (χ1) is 15.5. The van der Waals surface area contributed by atoms with Gasteiger partial charge in [0.15, 0.2) is 5.16 Å². The Morgan fingerprint density at radius 1 is 1.24 bits per heavy atom. The zero-order chi connectivity index (χ0) is 24.9. The number of benzene rings is 1. The lowest BCUT2D eigenvalue weighted by Gasteiger charge is -2.15. The molecule has 1 N–H and O–H groups in total. The molecule has 0 fully saturated rings. The first kappa shape index (κ1) is 27.2. The number of nitrogens with zero attached hydrogens (tertiary/aromatic N) is 3. The van der Waals surface area contributed by atoms with Gasteiger partial charge in [-0.05, 0) is 56.2 Å². The highest BCUT2D eigenvalue weighted by atomic mass is 35.5. The molecule has 0 aliphatic rings. The quantitative estimate of drug-likeness (QED) is 0.160. The van der Waals surface area contributed by atoms with Crippen LogP contribution >= 0.6 is 35.0 Å². The van der Waals surface area contributed by atoms with Gasteiger partial charge < -0.3 is 0 Å². The lowest BCUT2D eigenvalue weighted by atomic mass is 9.94. The number of hydrogen-bond acceptors (Lipinski definition) is 5. The van der Waals surface area contributed by atoms with Gasteiger partial charge in [-0.1, -0.05) is 68.2 Å². The molecule has 1 aromatic carbocycles. The van der Waals surface area contributed by atoms with Crippen LogP contribution < -0.4 is 5.69 Å². The molecular weight excluding hydrogens is 483 g/mol. The Morgan fingerprint density at radius 2 is 1.85 bits per heavy atom. The molecule has 0 amide bonds. The first-order valence-electron chi connectivity index (χ1n) is 10.8. The summed E-state index contributed by atoms with van der Waals surface area (Å²) in [6.45, 7) is 11.8. The summed E-state index contributed by atoms with van der Waals surface area (Å²) in [6.07, 6.45) is 3.53. The first-order valence-corrected chi connectivity index (χ1v) is 12.6. The summed E-state index contributed by atoms with van der Waals surface area (Å²) < 4.78 is 1.44. The van der Waals surface area contributed by atoms with E-state index in [4.69, 9.17) is 23.2 Å². The Labute approximate surface area is 208 Å². The van der Waals surface area contributed by atoms with Crippen LogP contribution in [0, 0.1) is 16.0 Å². The van der Waals surface area contributed by atoms with E-state index in [1.54, 1.807) is 25.1 Å². The average molecular weight is 513 g/mol. The van der Waals surface area contributed by atoms with Crippen LogP contribution in [-0.2, 0) is 0 Å². The van der Waals surface area contributed by atoms with Crippen molar-refractivity contribution < 1.29 is 4.92 Å². The van der Waals surface area contributed by atoms with E-state index in [2.05, 4.69) is 24.0 Å². The molecule has 0 aliphatic heterocycles. The van der Waals surface area contributed by atoms with E-state index in [0.29, 0.717) is 38.1 Å². The van der Waals surface area contributed by atoms with E-state index in [-0.39, 0.29) is 16.5 Å². The van der Waals surface area contributed by atoms with Crippen molar-refractivity contribution in [2.45, 2.75) is 65.5 Å². The third-order valence-electron chi connectivity index (χ3n) is 5.62. The minimum atomic E-state index is -0.418. The third kappa shape index (κ3) is 6.52. The fraction of sp³-hybridized carbons (Fsp3) is 0.478. The SMILES string of the molecule is CCC(CC)/C(C)=C/C(=C(\C)CSc1n[nH]c(=O)n1-c1cc(Cl)c(Cl)cc1C(C)C)[N+](=O)[O-]. The number of nitro groups is 1. The zero-order valence-electron chi connectivity index (χ0n) is 19.7. The molecule has 0 atom stereocenters. The highest BCUT2D eigenvalue weighted by Crippen LogP contribution is 2.33. The molecule has 0 aliphatic carbocycles. The van der Waals surface area contributed by atoms with Crippen molar-refractivity contribution in [2.75, 3.05) is 5.75 Å². The Kier molecular flexibility index (Phi) is 9.82. The van der Waals surface area contributed by atoms with Crippen LogP contribution in [-0.4, -0.2) is 25.4 Å². The highest BCUT2D eigenvalue weighted by molar-refractivity contribution is 7.99. The van der Waals surface area contributed by atoms with Crippen LogP contribution in [0.15, 0.2) is 45.0 Å². The van der Waals surface area contributed by atoms with Gasteiger partial charge in [-0.15, -0.1) is 5.10 Å². The summed E-state index contributed by atoms with van der Waals surface area (Å²) in [5.41, 5.74) is 2.67. The number of aromatic nitrogens is 3. The second-order valence-electron chi connectivity index (χ2n) is 8.24. The van der Waals surface area contributed by atoms with Crippen molar-refractivity contribution in [1.29, 1.82) is 0 Å². The maximum atomic E-state index is 12.6. The van der Waals surface area contributed by atoms with E-state index >= 15 is 0 Å². The van der Waals surface area contributed by atoms with Crippen LogP contribution in [0.25, 0.3) is 5.69 Å². The van der Waals surface area contributed by atoms with Gasteiger partial charge in [-0.25, -0.2) is 14.5 Å². The van der Waals surface area contributed by atoms with E-state index in [0.717, 1.165) is 24.0 Å². The normalized spacial score (nSPS) is 13.1. The lowest BCUT2D eigenvalue weighted by Crippen LogP contribution is -2.18. The smallest absolute Gasteiger partial charge is 0.258 e. The largest absolute Gasteiger partial charge is 0.348 e. The van der Waals surface area contributed by atoms with Crippen molar-refractivity contribution >= 4 is 35.0 Å². The highest BCUT2D eigenvalue weighted by Gasteiger charge is 2.20. The van der Waals surface area contributed by atoms with Crippen molar-refractivity contribution in [1.82, 2.24) is 14.8 Å². The maximum absolute atomic E-state index is 12.6. The van der Waals surface area contributed by atoms with Gasteiger partial charge in [0.1, 0.15) is 0 Å². The average Bonchev–Trinajstić information content (AvgIpc) is 3.12. The number of allylic oxidation sites excluding steroid dienone is 2. The number of H-pyrrole nitrogens is 1. The number of thioether (sulfide) groups is 1. The molecule has 0 saturated heterocycles. The predicted octanol–water partition coefficient (Wildman–Crippen LogP) is 7.02. The predicted molar refractivity (Wildman–Crippen MR) is 137 cm³/mol. The number of hydrogen-bond donors (Lipinski definition) is 1. The van der Waals surface area contributed by atoms with E-state index < -0.39 is 5.69 Å². The van der Waals surface area contributed by atoms with Gasteiger partial charge in [0.25, 0.3) is 5.70 Å². The Morgan fingerprint density at radius 3 is 2.39 bits per heavy atom. The molecule has 2 rings (SSSR count). The van der Waals surface area contributed by atoms with Gasteiger partial charge in [0, 0.05) is 17.4 Å². The molecule has 0 spiro atoms. The van der Waals surface area contributed by atoms with Gasteiger partial charge in [0.2, 0.25) is 0 Å². The topological polar surface area (TPSA) is 93.8 Å². The van der Waals surface area contributed by atoms with Crippen LogP contribution in [0.2, 0.25) is 10.0 Å². The summed E-state index contributed by atoms with van der Waals surface area (Å²) in [4.78, 5) is 24.0. The molecule has 7 nitrogen and oxygen atoms in total. The molecule has 10 heteroatoms. The molecule has 2 aromatic rings. The van der Waals surface area contributed by atoms with Crippen LogP contribution in [0.3, 0.4) is 0 Å². The van der Waals surface area contributed by atoms with Crippen LogP contribution in [0.4, 0.5) is 0 Å². The molecule has 1 aromatic heterocycles. The van der Waals surface area contributed by atoms with Crippen LogP contribution in [0.1, 0.15) is 65.9 Å². The second kappa shape index (κ2) is 11.9. The lowest BCUT2D eigenvalue weighted by molar-refractivity contribution is -0.420. The molecule has 180 valence electrons. The molecule has 0 unspecified atom stereocenters. The molecule has 0 bridgehead atoms. The van der Waals surface area contributed by atoms with Crippen molar-refractivity contribution in [3.05, 3.63) is 71.3 Å². The van der Waals surface area contributed by atoms with E-state index in [1.165, 1.54) is 16.3 Å². The number of rotatable bonds is 10. The van der Waals surface area contributed by atoms with E-state index in [9.17, 15) is 14.9 Å². The standard InChI is InChI=1S/C23H30Cl2N4O3S/c1-7-16(8-2)14(5)9-20(29(31)32)15(6)12-33-23-27-26-22(30)28(23)21-11-19(25)18(24)10-17(21)13(3)4/h9-11,13,16H,7-8,12H2,1-6H3,(H,26,30)/b14-9+,20-15-. The summed E-state index contributed by atoms with van der Waals surface area (Å²) >= 11 is 13.7. The van der Waals surface area contributed by atoms with Gasteiger partial charge >= 0.3 is 5.69 Å². The molecule has 0 saturated carbocycles. The molecule has 33 heavy (non-hydrogen) atoms. The maximum Gasteiger partial charge on any atom is 0.348 e. The minimum Gasteiger partial charge on any atom is -0.258 e. The monoisotopic (exact) mass is 512 g/mol. The summed E-state index contributed by atoms with van der Waals surface area (Å²) in [5, 5.41) is 19.5. The number of nitrogens with one attached hydrogen (secondary N) is 1. The van der Waals surface area contributed by atoms with Gasteiger partial charge in [-0.3, -0.25) is 10.1 Å². The molecule has 1 heterocycles. The summed E-state index contributed by atoms with van der Waals surface area (Å²) in [5.74, 6) is 0.683. The number of halogens is 2. The Balaban J connectivity index is 2.46. The van der Waals surface area contributed by atoms with Crippen LogP contribution in [0.5, 0.6) is 0 Å². The third-order valence-corrected chi connectivity index (χ3v) is 7.45. The van der Waals surface area contributed by atoms with Gasteiger partial charge in [-0.2, -0.15) is 0 Å². The minimum absolute atomic E-state index is 0.0775. The van der Waals surface area contributed by atoms with Crippen molar-refractivity contribution in [2.24, 2.45) is 5.92 Å². The Bertz CT molecular complexity index is 1130. The summed E-state index contributed by atoms with van der Waals surface area (Å²) in [7, 11) is 0. The van der Waals surface area contributed by atoms with Crippen molar-refractivity contribution in [3.8, 4) is 5.69 Å². The number of aromatic amines is 1. The fourth-order valence-electron chi connectivity index (χ4n) is 3.64. The molecule has 0 radical (unpaired) electrons. The zero-order valence-corrected chi connectivity index (χ0v) is 22.1.